The lowest BCUT2D eigenvalue weighted by Gasteiger charge is -2.31. The van der Waals surface area contributed by atoms with Crippen LogP contribution in [0.5, 0.6) is 0 Å². The first-order chi connectivity index (χ1) is 11.1. The van der Waals surface area contributed by atoms with Crippen molar-refractivity contribution in [1.29, 1.82) is 0 Å². The number of aryl methyl sites for hydroxylation is 1. The van der Waals surface area contributed by atoms with Crippen LogP contribution in [0.4, 0.5) is 5.69 Å². The van der Waals surface area contributed by atoms with Crippen molar-refractivity contribution in [2.24, 2.45) is 11.8 Å². The zero-order valence-electron chi connectivity index (χ0n) is 14.2. The second kappa shape index (κ2) is 5.82. The van der Waals surface area contributed by atoms with Gasteiger partial charge < -0.3 is 10.4 Å². The number of carbonyl (C=O) groups is 1. The lowest BCUT2D eigenvalue weighted by molar-refractivity contribution is -0.116. The van der Waals surface area contributed by atoms with Crippen LogP contribution in [-0.4, -0.2) is 42.4 Å². The quantitative estimate of drug-likeness (QED) is 0.865. The van der Waals surface area contributed by atoms with E-state index in [2.05, 4.69) is 5.32 Å². The molecular formula is C17H24N2O4S. The molecule has 3 rings (SSSR count). The maximum absolute atomic E-state index is 13.0. The maximum atomic E-state index is 13.0. The monoisotopic (exact) mass is 352 g/mol. The van der Waals surface area contributed by atoms with E-state index in [1.165, 1.54) is 10.4 Å². The lowest BCUT2D eigenvalue weighted by Crippen LogP contribution is -2.43. The molecule has 0 unspecified atom stereocenters. The molecule has 2 aliphatic heterocycles. The predicted octanol–water partition coefficient (Wildman–Crippen LogP) is 1.60. The molecule has 2 N–H and O–H groups in total. The highest BCUT2D eigenvalue weighted by molar-refractivity contribution is 7.89. The first kappa shape index (κ1) is 17.4. The molecule has 0 aromatic heterocycles. The van der Waals surface area contributed by atoms with Crippen molar-refractivity contribution < 1.29 is 18.3 Å². The topological polar surface area (TPSA) is 86.7 Å². The summed E-state index contributed by atoms with van der Waals surface area (Å²) in [4.78, 5) is 11.6. The molecular weight excluding hydrogens is 328 g/mol. The molecule has 1 aromatic carbocycles. The Morgan fingerprint density at radius 3 is 2.67 bits per heavy atom. The number of fused-ring (bicyclic) bond motifs is 1. The summed E-state index contributed by atoms with van der Waals surface area (Å²) in [5.41, 5.74) is 0.510. The summed E-state index contributed by atoms with van der Waals surface area (Å²) >= 11 is 0. The zero-order chi connectivity index (χ0) is 17.7. The standard InChI is InChI=1S/C17H24N2O4S/c1-11(2)17(21)10-19(9-12(17)3)24(22,23)14-5-6-15-13(8-14)4-7-16(20)18-15/h5-6,8,11-12,21H,4,7,9-10H2,1-3H3,(H,18,20)/t12-,17-/m1/s1. The van der Waals surface area contributed by atoms with E-state index in [-0.39, 0.29) is 29.2 Å². The average Bonchev–Trinajstić information content (AvgIpc) is 2.84. The Hall–Kier alpha value is -1.44. The average molecular weight is 352 g/mol. The molecule has 0 bridgehead atoms. The molecule has 0 saturated carbocycles. The summed E-state index contributed by atoms with van der Waals surface area (Å²) in [6, 6.07) is 4.81. The summed E-state index contributed by atoms with van der Waals surface area (Å²) in [6.45, 7) is 6.13. The molecule has 1 fully saturated rings. The normalized spacial score (nSPS) is 28.0. The van der Waals surface area contributed by atoms with E-state index in [4.69, 9.17) is 0 Å². The van der Waals surface area contributed by atoms with Gasteiger partial charge in [-0.15, -0.1) is 0 Å². The highest BCUT2D eigenvalue weighted by Crippen LogP contribution is 2.37. The summed E-state index contributed by atoms with van der Waals surface area (Å²) in [6.07, 6.45) is 0.904. The number of benzene rings is 1. The van der Waals surface area contributed by atoms with Gasteiger partial charge in [0.25, 0.3) is 0 Å². The van der Waals surface area contributed by atoms with Crippen molar-refractivity contribution in [2.75, 3.05) is 18.4 Å². The third kappa shape index (κ3) is 2.74. The third-order valence-corrected chi connectivity index (χ3v) is 7.18. The first-order valence-corrected chi connectivity index (χ1v) is 9.74. The zero-order valence-corrected chi connectivity index (χ0v) is 15.1. The molecule has 1 aromatic rings. The number of rotatable bonds is 3. The minimum absolute atomic E-state index is 0.0218. The van der Waals surface area contributed by atoms with Crippen LogP contribution >= 0.6 is 0 Å². The molecule has 132 valence electrons. The fourth-order valence-electron chi connectivity index (χ4n) is 3.57. The molecule has 1 saturated heterocycles. The van der Waals surface area contributed by atoms with Crippen molar-refractivity contribution in [1.82, 2.24) is 4.31 Å². The number of aliphatic hydroxyl groups is 1. The van der Waals surface area contributed by atoms with Gasteiger partial charge >= 0.3 is 0 Å². The second-order valence-corrected chi connectivity index (χ2v) is 9.15. The number of sulfonamides is 1. The number of anilines is 1. The molecule has 0 aliphatic carbocycles. The van der Waals surface area contributed by atoms with E-state index in [9.17, 15) is 18.3 Å². The van der Waals surface area contributed by atoms with Crippen LogP contribution in [0.2, 0.25) is 0 Å². The van der Waals surface area contributed by atoms with Gasteiger partial charge in [0.15, 0.2) is 0 Å². The SMILES string of the molecule is CC(C)[C@]1(O)CN(S(=O)(=O)c2ccc3c(c2)CCC(=O)N3)C[C@H]1C. The molecule has 2 heterocycles. The number of hydrogen-bond donors (Lipinski definition) is 2. The Morgan fingerprint density at radius 2 is 2.04 bits per heavy atom. The van der Waals surface area contributed by atoms with Gasteiger partial charge in [-0.25, -0.2) is 8.42 Å². The molecule has 2 aliphatic rings. The minimum atomic E-state index is -3.66. The molecule has 1 amide bonds. The Morgan fingerprint density at radius 1 is 1.33 bits per heavy atom. The van der Waals surface area contributed by atoms with Gasteiger partial charge in [0, 0.05) is 31.1 Å². The van der Waals surface area contributed by atoms with E-state index >= 15 is 0 Å². The van der Waals surface area contributed by atoms with E-state index in [0.717, 1.165) is 5.56 Å². The Labute approximate surface area is 142 Å². The second-order valence-electron chi connectivity index (χ2n) is 7.21. The number of amides is 1. The molecule has 24 heavy (non-hydrogen) atoms. The van der Waals surface area contributed by atoms with E-state index in [0.29, 0.717) is 25.1 Å². The third-order valence-electron chi connectivity index (χ3n) is 5.37. The Kier molecular flexibility index (Phi) is 4.22. The van der Waals surface area contributed by atoms with Crippen LogP contribution in [0, 0.1) is 11.8 Å². The van der Waals surface area contributed by atoms with Crippen LogP contribution in [-0.2, 0) is 21.2 Å². The Balaban J connectivity index is 1.91. The largest absolute Gasteiger partial charge is 0.388 e. The van der Waals surface area contributed by atoms with Crippen LogP contribution in [0.15, 0.2) is 23.1 Å². The smallest absolute Gasteiger partial charge is 0.243 e. The number of hydrogen-bond acceptors (Lipinski definition) is 4. The Bertz CT molecular complexity index is 775. The van der Waals surface area contributed by atoms with Crippen molar-refractivity contribution >= 4 is 21.6 Å². The van der Waals surface area contributed by atoms with Gasteiger partial charge in [-0.05, 0) is 36.1 Å². The van der Waals surface area contributed by atoms with E-state index < -0.39 is 15.6 Å². The molecule has 7 heteroatoms. The fraction of sp³-hybridized carbons (Fsp3) is 0.588. The van der Waals surface area contributed by atoms with Crippen LogP contribution < -0.4 is 5.32 Å². The predicted molar refractivity (Wildman–Crippen MR) is 91.1 cm³/mol. The van der Waals surface area contributed by atoms with Crippen LogP contribution in [0.25, 0.3) is 0 Å². The van der Waals surface area contributed by atoms with Crippen LogP contribution in [0.3, 0.4) is 0 Å². The lowest BCUT2D eigenvalue weighted by atomic mass is 9.82. The number of carbonyl (C=O) groups excluding carboxylic acids is 1. The highest BCUT2D eigenvalue weighted by Gasteiger charge is 2.48. The summed E-state index contributed by atoms with van der Waals surface area (Å²) in [5.74, 6) is -0.191. The number of nitrogens with one attached hydrogen (secondary N) is 1. The fourth-order valence-corrected chi connectivity index (χ4v) is 5.20. The molecule has 0 spiro atoms. The highest BCUT2D eigenvalue weighted by atomic mass is 32.2. The van der Waals surface area contributed by atoms with Gasteiger partial charge in [0.05, 0.1) is 10.5 Å². The van der Waals surface area contributed by atoms with Gasteiger partial charge in [-0.1, -0.05) is 20.8 Å². The van der Waals surface area contributed by atoms with E-state index in [1.54, 1.807) is 12.1 Å². The van der Waals surface area contributed by atoms with Gasteiger partial charge in [-0.2, -0.15) is 4.31 Å². The van der Waals surface area contributed by atoms with Gasteiger partial charge in [-0.3, -0.25) is 4.79 Å². The van der Waals surface area contributed by atoms with Gasteiger partial charge in [0.1, 0.15) is 0 Å². The summed E-state index contributed by atoms with van der Waals surface area (Å²) < 4.78 is 27.3. The summed E-state index contributed by atoms with van der Waals surface area (Å²) in [5, 5.41) is 13.5. The first-order valence-electron chi connectivity index (χ1n) is 8.30. The van der Waals surface area contributed by atoms with Crippen molar-refractivity contribution in [3.8, 4) is 0 Å². The van der Waals surface area contributed by atoms with Gasteiger partial charge in [0.2, 0.25) is 15.9 Å². The maximum Gasteiger partial charge on any atom is 0.243 e. The molecule has 2 atom stereocenters. The van der Waals surface area contributed by atoms with Crippen molar-refractivity contribution in [3.05, 3.63) is 23.8 Å². The molecule has 0 radical (unpaired) electrons. The summed E-state index contributed by atoms with van der Waals surface area (Å²) in [7, 11) is -3.66. The number of β-amino-alcohol motifs (C(OH)–C–C–N with tert-alkyl or cyclic N) is 1. The van der Waals surface area contributed by atoms with E-state index in [1.807, 2.05) is 20.8 Å². The molecule has 6 nitrogen and oxygen atoms in total. The minimum Gasteiger partial charge on any atom is -0.388 e. The van der Waals surface area contributed by atoms with Crippen molar-refractivity contribution in [3.63, 3.8) is 0 Å². The van der Waals surface area contributed by atoms with Crippen molar-refractivity contribution in [2.45, 2.75) is 44.1 Å². The number of nitrogens with zero attached hydrogens (tertiary/aromatic N) is 1. The van der Waals surface area contributed by atoms with Crippen LogP contribution in [0.1, 0.15) is 32.8 Å².